The van der Waals surface area contributed by atoms with Crippen LogP contribution in [-0.4, -0.2) is 51.8 Å². The summed E-state index contributed by atoms with van der Waals surface area (Å²) in [5.74, 6) is 0.221. The number of carbonyl (C=O) groups excluding carboxylic acids is 2. The molecule has 1 spiro atoms. The molecule has 0 radical (unpaired) electrons. The lowest BCUT2D eigenvalue weighted by Gasteiger charge is -2.46. The molecule has 2 aliphatic rings. The van der Waals surface area contributed by atoms with Crippen LogP contribution in [0.25, 0.3) is 0 Å². The second kappa shape index (κ2) is 7.80. The number of amides is 2. The summed E-state index contributed by atoms with van der Waals surface area (Å²) in [7, 11) is 0. The van der Waals surface area contributed by atoms with Crippen LogP contribution in [0.15, 0.2) is 41.2 Å². The van der Waals surface area contributed by atoms with Crippen molar-refractivity contribution in [1.82, 2.24) is 14.8 Å². The molecule has 5 nitrogen and oxygen atoms in total. The van der Waals surface area contributed by atoms with Gasteiger partial charge in [-0.1, -0.05) is 30.3 Å². The van der Waals surface area contributed by atoms with Crippen molar-refractivity contribution in [2.24, 2.45) is 0 Å². The van der Waals surface area contributed by atoms with E-state index in [9.17, 15) is 9.59 Å². The van der Waals surface area contributed by atoms with Gasteiger partial charge in [0.25, 0.3) is 5.91 Å². The summed E-state index contributed by atoms with van der Waals surface area (Å²) in [5, 5.41) is 1.81. The number of aromatic nitrogens is 1. The predicted molar refractivity (Wildman–Crippen MR) is 106 cm³/mol. The zero-order chi connectivity index (χ0) is 18.7. The van der Waals surface area contributed by atoms with Crippen LogP contribution in [0.3, 0.4) is 0 Å². The van der Waals surface area contributed by atoms with Crippen LogP contribution in [0, 0.1) is 0 Å². The first-order valence-electron chi connectivity index (χ1n) is 9.70. The molecule has 0 aliphatic carbocycles. The standard InChI is InChI=1S/C21H25N3O2S/c25-19(9-8-17-6-2-1-3-7-17)24-13-5-11-21(24)10-4-12-23(15-21)20(26)18-14-27-16-22-18/h1-3,6-7,14,16H,4-5,8-13,15H2/t21-/m0/s1. The largest absolute Gasteiger partial charge is 0.335 e. The van der Waals surface area contributed by atoms with Gasteiger partial charge in [-0.3, -0.25) is 9.59 Å². The molecule has 2 fully saturated rings. The van der Waals surface area contributed by atoms with Gasteiger partial charge >= 0.3 is 0 Å². The highest BCUT2D eigenvalue weighted by Gasteiger charge is 2.46. The Hall–Kier alpha value is -2.21. The highest BCUT2D eigenvalue weighted by Crippen LogP contribution is 2.38. The normalized spacial score (nSPS) is 22.4. The third-order valence-corrected chi connectivity index (χ3v) is 6.45. The molecule has 2 amide bonds. The van der Waals surface area contributed by atoms with Crippen molar-refractivity contribution >= 4 is 23.2 Å². The lowest BCUT2D eigenvalue weighted by Crippen LogP contribution is -2.58. The molecule has 0 saturated carbocycles. The molecular formula is C21H25N3O2S. The molecule has 0 unspecified atom stereocenters. The number of carbonyl (C=O) groups is 2. The Bertz CT molecular complexity index is 793. The summed E-state index contributed by atoms with van der Waals surface area (Å²) in [4.78, 5) is 33.9. The van der Waals surface area contributed by atoms with Gasteiger partial charge in [-0.05, 0) is 37.7 Å². The third kappa shape index (κ3) is 3.76. The van der Waals surface area contributed by atoms with Gasteiger partial charge in [0, 0.05) is 31.4 Å². The molecule has 2 aliphatic heterocycles. The average molecular weight is 384 g/mol. The van der Waals surface area contributed by atoms with E-state index in [1.165, 1.54) is 16.9 Å². The SMILES string of the molecule is O=C(c1cscn1)N1CCC[C@]2(CCCN2C(=O)CCc2ccccc2)C1. The Morgan fingerprint density at radius 1 is 1.11 bits per heavy atom. The molecule has 6 heteroatoms. The Kier molecular flexibility index (Phi) is 5.25. The van der Waals surface area contributed by atoms with E-state index in [4.69, 9.17) is 0 Å². The van der Waals surface area contributed by atoms with Crippen molar-refractivity contribution in [3.05, 3.63) is 52.5 Å². The van der Waals surface area contributed by atoms with Gasteiger partial charge in [-0.25, -0.2) is 4.98 Å². The summed E-state index contributed by atoms with van der Waals surface area (Å²) in [6, 6.07) is 10.2. The summed E-state index contributed by atoms with van der Waals surface area (Å²) in [5.41, 5.74) is 3.24. The van der Waals surface area contributed by atoms with Crippen molar-refractivity contribution in [2.45, 2.75) is 44.1 Å². The number of hydrogen-bond acceptors (Lipinski definition) is 4. The minimum absolute atomic E-state index is 0.00101. The van der Waals surface area contributed by atoms with Crippen LogP contribution in [0.5, 0.6) is 0 Å². The van der Waals surface area contributed by atoms with Crippen LogP contribution in [0.4, 0.5) is 0 Å². The fourth-order valence-electron chi connectivity index (χ4n) is 4.55. The third-order valence-electron chi connectivity index (χ3n) is 5.86. The van der Waals surface area contributed by atoms with E-state index in [-0.39, 0.29) is 17.4 Å². The molecule has 1 aromatic heterocycles. The first kappa shape index (κ1) is 18.2. The molecule has 142 valence electrons. The number of thiazole rings is 1. The highest BCUT2D eigenvalue weighted by molar-refractivity contribution is 7.07. The minimum Gasteiger partial charge on any atom is -0.335 e. The summed E-state index contributed by atoms with van der Waals surface area (Å²) in [6.07, 6.45) is 5.25. The number of hydrogen-bond donors (Lipinski definition) is 0. The van der Waals surface area contributed by atoms with Crippen molar-refractivity contribution in [1.29, 1.82) is 0 Å². The Labute approximate surface area is 164 Å². The van der Waals surface area contributed by atoms with Gasteiger partial charge < -0.3 is 9.80 Å². The number of aryl methyl sites for hydroxylation is 1. The Morgan fingerprint density at radius 2 is 1.89 bits per heavy atom. The molecule has 27 heavy (non-hydrogen) atoms. The molecule has 2 aromatic rings. The number of piperidine rings is 1. The summed E-state index contributed by atoms with van der Waals surface area (Å²) < 4.78 is 0. The molecule has 0 bridgehead atoms. The zero-order valence-corrected chi connectivity index (χ0v) is 16.3. The van der Waals surface area contributed by atoms with Crippen LogP contribution < -0.4 is 0 Å². The first-order chi connectivity index (χ1) is 13.2. The van der Waals surface area contributed by atoms with E-state index in [0.29, 0.717) is 18.7 Å². The van der Waals surface area contributed by atoms with Crippen molar-refractivity contribution in [3.8, 4) is 0 Å². The minimum atomic E-state index is -0.183. The summed E-state index contributed by atoms with van der Waals surface area (Å²) in [6.45, 7) is 2.21. The van der Waals surface area contributed by atoms with Gasteiger partial charge in [0.1, 0.15) is 5.69 Å². The molecule has 1 atom stereocenters. The van der Waals surface area contributed by atoms with Gasteiger partial charge in [-0.2, -0.15) is 0 Å². The van der Waals surface area contributed by atoms with E-state index < -0.39 is 0 Å². The van der Waals surface area contributed by atoms with Crippen LogP contribution >= 0.6 is 11.3 Å². The molecule has 4 rings (SSSR count). The summed E-state index contributed by atoms with van der Waals surface area (Å²) >= 11 is 1.44. The van der Waals surface area contributed by atoms with Crippen molar-refractivity contribution in [3.63, 3.8) is 0 Å². The van der Waals surface area contributed by atoms with Crippen LogP contribution in [0.2, 0.25) is 0 Å². The Morgan fingerprint density at radius 3 is 2.63 bits per heavy atom. The topological polar surface area (TPSA) is 53.5 Å². The van der Waals surface area contributed by atoms with Crippen molar-refractivity contribution in [2.75, 3.05) is 19.6 Å². The number of benzene rings is 1. The van der Waals surface area contributed by atoms with E-state index in [1.54, 1.807) is 10.9 Å². The lowest BCUT2D eigenvalue weighted by molar-refractivity contribution is -0.137. The smallest absolute Gasteiger partial charge is 0.273 e. The first-order valence-corrected chi connectivity index (χ1v) is 10.6. The zero-order valence-electron chi connectivity index (χ0n) is 15.5. The monoisotopic (exact) mass is 383 g/mol. The van der Waals surface area contributed by atoms with Crippen LogP contribution in [0.1, 0.15) is 48.2 Å². The van der Waals surface area contributed by atoms with E-state index >= 15 is 0 Å². The van der Waals surface area contributed by atoms with E-state index in [2.05, 4.69) is 22.0 Å². The molecule has 1 aromatic carbocycles. The maximum Gasteiger partial charge on any atom is 0.273 e. The maximum atomic E-state index is 13.0. The number of nitrogens with zero attached hydrogens (tertiary/aromatic N) is 3. The van der Waals surface area contributed by atoms with Gasteiger partial charge in [-0.15, -0.1) is 11.3 Å². The fourth-order valence-corrected chi connectivity index (χ4v) is 5.07. The maximum absolute atomic E-state index is 13.0. The van der Waals surface area contributed by atoms with E-state index in [1.807, 2.05) is 23.1 Å². The van der Waals surface area contributed by atoms with E-state index in [0.717, 1.165) is 45.2 Å². The molecular weight excluding hydrogens is 358 g/mol. The molecule has 2 saturated heterocycles. The number of rotatable bonds is 4. The Balaban J connectivity index is 1.44. The predicted octanol–water partition coefficient (Wildman–Crippen LogP) is 3.37. The lowest BCUT2D eigenvalue weighted by atomic mass is 9.86. The number of likely N-dealkylation sites (tertiary alicyclic amines) is 2. The van der Waals surface area contributed by atoms with Gasteiger partial charge in [0.05, 0.1) is 11.0 Å². The second-order valence-corrected chi connectivity index (χ2v) is 8.28. The second-order valence-electron chi connectivity index (χ2n) is 7.56. The van der Waals surface area contributed by atoms with Crippen molar-refractivity contribution < 1.29 is 9.59 Å². The highest BCUT2D eigenvalue weighted by atomic mass is 32.1. The average Bonchev–Trinajstić information content (AvgIpc) is 3.37. The quantitative estimate of drug-likeness (QED) is 0.813. The fraction of sp³-hybridized carbons (Fsp3) is 0.476. The van der Waals surface area contributed by atoms with Crippen LogP contribution in [-0.2, 0) is 11.2 Å². The van der Waals surface area contributed by atoms with Gasteiger partial charge in [0.2, 0.25) is 5.91 Å². The van der Waals surface area contributed by atoms with Gasteiger partial charge in [0.15, 0.2) is 0 Å². The molecule has 0 N–H and O–H groups in total. The molecule has 3 heterocycles.